The Balaban J connectivity index is 1.71. The summed E-state index contributed by atoms with van der Waals surface area (Å²) in [5.74, 6) is -0.397. The molecule has 12 heteroatoms. The smallest absolute Gasteiger partial charge is 0.348 e. The first-order chi connectivity index (χ1) is 14.5. The lowest BCUT2D eigenvalue weighted by Gasteiger charge is -2.03. The molecule has 0 aliphatic heterocycles. The van der Waals surface area contributed by atoms with E-state index < -0.39 is 17.5 Å². The number of hydrogen-bond acceptors (Lipinski definition) is 11. The van der Waals surface area contributed by atoms with Crippen molar-refractivity contribution in [3.05, 3.63) is 44.4 Å². The average Bonchev–Trinajstić information content (AvgIpc) is 3.37. The van der Waals surface area contributed by atoms with E-state index >= 15 is 0 Å². The molecule has 0 saturated carbocycles. The third-order valence-electron chi connectivity index (χ3n) is 4.19. The van der Waals surface area contributed by atoms with Gasteiger partial charge in [-0.05, 0) is 11.4 Å². The molecule has 0 amide bonds. The van der Waals surface area contributed by atoms with Crippen LogP contribution in [0.4, 0.5) is 0 Å². The predicted molar refractivity (Wildman–Crippen MR) is 114 cm³/mol. The number of carbonyl (C=O) groups excluding carboxylic acids is 2. The molecule has 9 nitrogen and oxygen atoms in total. The van der Waals surface area contributed by atoms with Crippen LogP contribution in [0, 0.1) is 0 Å². The minimum Gasteiger partial charge on any atom is -0.469 e. The fraction of sp³-hybridized carbons (Fsp3) is 0.222. The standard InChI is InChI=1S/C18H14N4O5S3/c1-26-11(23)5-8-12-15(24)21-10(22-16(12)30-13(8)18(25)27-2)6-29-17-14-9(3-4-28-14)19-7-20-17/h3-4,7H,5-6H2,1-2H3,(H,21,22,24). The number of nitrogens with one attached hydrogen (secondary N) is 1. The molecule has 4 aromatic rings. The van der Waals surface area contributed by atoms with E-state index in [0.717, 1.165) is 26.6 Å². The number of nitrogens with zero attached hydrogens (tertiary/aromatic N) is 3. The Labute approximate surface area is 181 Å². The lowest BCUT2D eigenvalue weighted by Crippen LogP contribution is -2.15. The Morgan fingerprint density at radius 1 is 1.23 bits per heavy atom. The molecule has 0 spiro atoms. The number of H-pyrrole nitrogens is 1. The lowest BCUT2D eigenvalue weighted by atomic mass is 10.1. The SMILES string of the molecule is COC(=O)Cc1c(C(=O)OC)sc2nc(CSc3ncnc4ccsc34)[nH]c(=O)c12. The lowest BCUT2D eigenvalue weighted by molar-refractivity contribution is -0.139. The highest BCUT2D eigenvalue weighted by atomic mass is 32.2. The van der Waals surface area contributed by atoms with Crippen LogP contribution in [-0.2, 0) is 26.4 Å². The zero-order chi connectivity index (χ0) is 21.3. The van der Waals surface area contributed by atoms with Gasteiger partial charge in [-0.25, -0.2) is 19.7 Å². The molecule has 4 rings (SSSR count). The van der Waals surface area contributed by atoms with Gasteiger partial charge in [0.15, 0.2) is 0 Å². The maximum Gasteiger partial charge on any atom is 0.348 e. The highest BCUT2D eigenvalue weighted by molar-refractivity contribution is 7.98. The molecular weight excluding hydrogens is 448 g/mol. The zero-order valence-corrected chi connectivity index (χ0v) is 18.2. The Hall–Kier alpha value is -2.83. The second-order valence-electron chi connectivity index (χ2n) is 5.95. The van der Waals surface area contributed by atoms with E-state index in [1.807, 2.05) is 11.4 Å². The molecule has 0 aromatic carbocycles. The van der Waals surface area contributed by atoms with E-state index in [2.05, 4.69) is 24.7 Å². The first-order valence-corrected chi connectivity index (χ1v) is 11.2. The Morgan fingerprint density at radius 3 is 2.83 bits per heavy atom. The van der Waals surface area contributed by atoms with E-state index in [-0.39, 0.29) is 22.2 Å². The van der Waals surface area contributed by atoms with Crippen LogP contribution >= 0.6 is 34.4 Å². The quantitative estimate of drug-likeness (QED) is 0.262. The molecule has 0 aliphatic carbocycles. The topological polar surface area (TPSA) is 124 Å². The van der Waals surface area contributed by atoms with Gasteiger partial charge in [0.05, 0.1) is 42.0 Å². The highest BCUT2D eigenvalue weighted by Crippen LogP contribution is 2.32. The Morgan fingerprint density at radius 2 is 2.07 bits per heavy atom. The van der Waals surface area contributed by atoms with Crippen molar-refractivity contribution in [2.45, 2.75) is 17.2 Å². The summed E-state index contributed by atoms with van der Waals surface area (Å²) >= 11 is 3.99. The van der Waals surface area contributed by atoms with Crippen LogP contribution in [0.1, 0.15) is 21.1 Å². The summed E-state index contributed by atoms with van der Waals surface area (Å²) in [6.45, 7) is 0. The Bertz CT molecular complexity index is 1330. The second kappa shape index (κ2) is 8.50. The molecule has 0 saturated heterocycles. The van der Waals surface area contributed by atoms with Crippen LogP contribution in [0.5, 0.6) is 0 Å². The Kier molecular flexibility index (Phi) is 5.79. The fourth-order valence-corrected chi connectivity index (χ4v) is 5.77. The maximum atomic E-state index is 12.8. The number of fused-ring (bicyclic) bond motifs is 2. The normalized spacial score (nSPS) is 11.1. The number of ether oxygens (including phenoxy) is 2. The number of methoxy groups -OCH3 is 2. The van der Waals surface area contributed by atoms with Gasteiger partial charge < -0.3 is 14.5 Å². The summed E-state index contributed by atoms with van der Waals surface area (Å²) < 4.78 is 10.4. The maximum absolute atomic E-state index is 12.8. The number of hydrogen-bond donors (Lipinski definition) is 1. The van der Waals surface area contributed by atoms with Gasteiger partial charge in [-0.3, -0.25) is 9.59 Å². The molecular formula is C18H14N4O5S3. The van der Waals surface area contributed by atoms with Crippen molar-refractivity contribution in [1.82, 2.24) is 19.9 Å². The highest BCUT2D eigenvalue weighted by Gasteiger charge is 2.24. The molecule has 0 unspecified atom stereocenters. The predicted octanol–water partition coefficient (Wildman–Crippen LogP) is 2.78. The largest absolute Gasteiger partial charge is 0.469 e. The summed E-state index contributed by atoms with van der Waals surface area (Å²) in [6, 6.07) is 1.92. The molecule has 0 aliphatic rings. The molecule has 4 aromatic heterocycles. The molecule has 0 fully saturated rings. The minimum atomic E-state index is -0.631. The summed E-state index contributed by atoms with van der Waals surface area (Å²) in [5.41, 5.74) is 0.699. The van der Waals surface area contributed by atoms with Crippen molar-refractivity contribution >= 4 is 66.8 Å². The van der Waals surface area contributed by atoms with Crippen molar-refractivity contribution in [2.24, 2.45) is 0 Å². The fourth-order valence-electron chi connectivity index (χ4n) is 2.83. The van der Waals surface area contributed by atoms with Gasteiger partial charge in [-0.2, -0.15) is 0 Å². The summed E-state index contributed by atoms with van der Waals surface area (Å²) in [4.78, 5) is 53.0. The number of thioether (sulfide) groups is 1. The van der Waals surface area contributed by atoms with Crippen LogP contribution in [0.3, 0.4) is 0 Å². The van der Waals surface area contributed by atoms with Crippen LogP contribution < -0.4 is 5.56 Å². The van der Waals surface area contributed by atoms with E-state index in [0.29, 0.717) is 16.4 Å². The number of carbonyl (C=O) groups is 2. The number of aromatic nitrogens is 4. The van der Waals surface area contributed by atoms with Gasteiger partial charge in [0.25, 0.3) is 5.56 Å². The third-order valence-corrected chi connectivity index (χ3v) is 7.33. The first-order valence-electron chi connectivity index (χ1n) is 8.52. The monoisotopic (exact) mass is 462 g/mol. The molecule has 4 heterocycles. The zero-order valence-electron chi connectivity index (χ0n) is 15.8. The molecule has 0 radical (unpaired) electrons. The van der Waals surface area contributed by atoms with E-state index in [4.69, 9.17) is 4.74 Å². The van der Waals surface area contributed by atoms with Gasteiger partial charge in [-0.15, -0.1) is 22.7 Å². The van der Waals surface area contributed by atoms with Crippen molar-refractivity contribution in [2.75, 3.05) is 14.2 Å². The van der Waals surface area contributed by atoms with Gasteiger partial charge in [0.1, 0.15) is 26.9 Å². The average molecular weight is 463 g/mol. The molecule has 30 heavy (non-hydrogen) atoms. The van der Waals surface area contributed by atoms with E-state index in [9.17, 15) is 14.4 Å². The van der Waals surface area contributed by atoms with Crippen LogP contribution in [-0.4, -0.2) is 46.1 Å². The number of aromatic amines is 1. The molecule has 0 bridgehead atoms. The van der Waals surface area contributed by atoms with Crippen molar-refractivity contribution in [3.63, 3.8) is 0 Å². The summed E-state index contributed by atoms with van der Waals surface area (Å²) in [6.07, 6.45) is 1.27. The van der Waals surface area contributed by atoms with E-state index in [1.54, 1.807) is 11.3 Å². The second-order valence-corrected chi connectivity index (χ2v) is 8.83. The molecule has 1 N–H and O–H groups in total. The summed E-state index contributed by atoms with van der Waals surface area (Å²) in [7, 11) is 2.48. The van der Waals surface area contributed by atoms with Crippen LogP contribution in [0.25, 0.3) is 20.4 Å². The van der Waals surface area contributed by atoms with Crippen LogP contribution in [0.15, 0.2) is 27.6 Å². The van der Waals surface area contributed by atoms with Gasteiger partial charge in [0, 0.05) is 5.56 Å². The molecule has 0 atom stereocenters. The number of esters is 2. The van der Waals surface area contributed by atoms with Gasteiger partial charge in [0.2, 0.25) is 0 Å². The van der Waals surface area contributed by atoms with Crippen molar-refractivity contribution in [3.8, 4) is 0 Å². The first kappa shape index (κ1) is 20.4. The van der Waals surface area contributed by atoms with E-state index in [1.165, 1.54) is 32.3 Å². The minimum absolute atomic E-state index is 0.164. The third kappa shape index (κ3) is 3.80. The van der Waals surface area contributed by atoms with Gasteiger partial charge in [-0.1, -0.05) is 11.8 Å². The number of thiophene rings is 2. The molecule has 154 valence electrons. The van der Waals surface area contributed by atoms with Gasteiger partial charge >= 0.3 is 11.9 Å². The summed E-state index contributed by atoms with van der Waals surface area (Å²) in [5, 5.41) is 2.94. The van der Waals surface area contributed by atoms with Crippen LogP contribution in [0.2, 0.25) is 0 Å². The van der Waals surface area contributed by atoms with Crippen molar-refractivity contribution in [1.29, 1.82) is 0 Å². The number of rotatable bonds is 6. The van der Waals surface area contributed by atoms with Crippen molar-refractivity contribution < 1.29 is 19.1 Å².